The Balaban J connectivity index is -0.0000000678. The Morgan fingerprint density at radius 3 is 0.667 bits per heavy atom. The minimum Gasteiger partial charge on any atom is 1.00 e. The largest absolute Gasteiger partial charge is 1.00 e. The quantitative estimate of drug-likeness (QED) is 0.268. The number of quaternary nitrogens is 2. The second kappa shape index (κ2) is 22.2. The fourth-order valence-electron chi connectivity index (χ4n) is 0.775. The van der Waals surface area contributed by atoms with E-state index >= 15 is 0 Å². The molecule has 0 unspecified atom stereocenters. The Bertz CT molecular complexity index is 283. The molecule has 172 valence electrons. The molecule has 0 spiro atoms. The van der Waals surface area contributed by atoms with Crippen molar-refractivity contribution in [2.75, 3.05) is 0 Å². The molecule has 0 rings (SSSR count). The summed E-state index contributed by atoms with van der Waals surface area (Å²) in [5, 5.41) is 9.08. The predicted octanol–water partition coefficient (Wildman–Crippen LogP) is -0.307. The molecular weight excluding hydrogens is 506 g/mol. The maximum Gasteiger partial charge on any atom is 1.00 e. The zero-order chi connectivity index (χ0) is 24.0. The van der Waals surface area contributed by atoms with Gasteiger partial charge in [0.15, 0.2) is 0 Å². The van der Waals surface area contributed by atoms with Crippen molar-refractivity contribution >= 4 is 48.9 Å². The molecule has 0 heterocycles. The first-order chi connectivity index (χ1) is 11.9. The molecule has 0 aliphatic carbocycles. The molecule has 0 radical (unpaired) electrons. The van der Waals surface area contributed by atoms with Crippen LogP contribution in [0.4, 0.5) is 0 Å². The molecule has 0 amide bonds. The summed E-state index contributed by atoms with van der Waals surface area (Å²) in [6, 6.07) is 0. The second-order valence-corrected chi connectivity index (χ2v) is 36.8. The SMILES string of the molecule is CC(C)(C)[NH2+][N-][Si](C)(C)C.CC(C)(C)[NH2+][N-][Si](C)(C)C.[CH3][Ga]([CH3])[CH3].[CH3][Ga]([CH3])[CH3].[Li+].[Li+]. The summed E-state index contributed by atoms with van der Waals surface area (Å²) < 4.78 is 0. The molecule has 0 aliphatic heterocycles. The van der Waals surface area contributed by atoms with Crippen molar-refractivity contribution in [1.29, 1.82) is 0 Å². The molecule has 30 heavy (non-hydrogen) atoms. The summed E-state index contributed by atoms with van der Waals surface area (Å²) in [5.41, 5.74) is 18.8. The average Bonchev–Trinajstić information content (AvgIpc) is 2.30. The van der Waals surface area contributed by atoms with Crippen LogP contribution < -0.4 is 48.6 Å². The first-order valence-corrected chi connectivity index (χ1v) is 32.4. The van der Waals surface area contributed by atoms with Gasteiger partial charge < -0.3 is 21.0 Å². The fourth-order valence-corrected chi connectivity index (χ4v) is 2.32. The van der Waals surface area contributed by atoms with Crippen LogP contribution in [-0.2, 0) is 0 Å². The number of nitrogens with zero attached hydrogens (tertiary/aromatic N) is 2. The van der Waals surface area contributed by atoms with Gasteiger partial charge in [0.2, 0.25) is 0 Å². The van der Waals surface area contributed by atoms with E-state index in [0.717, 1.165) is 0 Å². The Morgan fingerprint density at radius 2 is 0.633 bits per heavy atom. The molecule has 10 heteroatoms. The molecule has 4 N–H and O–H groups in total. The number of hydrogen-bond donors (Lipinski definition) is 2. The predicted molar refractivity (Wildman–Crippen MR) is 143 cm³/mol. The first-order valence-electron chi connectivity index (χ1n) is 11.0. The van der Waals surface area contributed by atoms with E-state index in [1.54, 1.807) is 0 Å². The summed E-state index contributed by atoms with van der Waals surface area (Å²) >= 11 is -0.958. The van der Waals surface area contributed by atoms with E-state index in [2.05, 4.69) is 135 Å². The van der Waals surface area contributed by atoms with Crippen LogP contribution in [0, 0.1) is 0 Å². The van der Waals surface area contributed by atoms with Crippen LogP contribution in [0.3, 0.4) is 0 Å². The third kappa shape index (κ3) is 97.0. The third-order valence-corrected chi connectivity index (χ3v) is 3.49. The van der Waals surface area contributed by atoms with Crippen LogP contribution in [0.1, 0.15) is 41.5 Å². The summed E-state index contributed by atoms with van der Waals surface area (Å²) in [4.78, 5) is 0. The molecular formula is C20H58Ga2Li2N4Si2+2. The van der Waals surface area contributed by atoms with Crippen LogP contribution in [0.2, 0.25) is 72.2 Å². The minimum absolute atomic E-state index is 0. The van der Waals surface area contributed by atoms with Gasteiger partial charge in [-0.2, -0.15) is 0 Å². The normalized spacial score (nSPS) is 11.0. The van der Waals surface area contributed by atoms with Crippen LogP contribution in [-0.4, -0.2) is 60.0 Å². The van der Waals surface area contributed by atoms with Crippen molar-refractivity contribution in [2.45, 2.75) is 125 Å². The molecule has 0 atom stereocenters. The molecule has 0 fully saturated rings. The van der Waals surface area contributed by atoms with Gasteiger partial charge in [-0.1, -0.05) is 39.3 Å². The van der Waals surface area contributed by atoms with Gasteiger partial charge in [-0.15, -0.1) is 0 Å². The maximum atomic E-state index is 4.54. The van der Waals surface area contributed by atoms with E-state index in [0.29, 0.717) is 0 Å². The molecule has 0 bridgehead atoms. The van der Waals surface area contributed by atoms with Crippen molar-refractivity contribution in [1.82, 2.24) is 0 Å². The second-order valence-electron chi connectivity index (χ2n) is 13.1. The Labute approximate surface area is 230 Å². The fraction of sp³-hybridized carbons (Fsp3) is 1.00. The zero-order valence-electron chi connectivity index (χ0n) is 25.2. The maximum absolute atomic E-state index is 4.54. The topological polar surface area (TPSA) is 61.4 Å². The monoisotopic (exact) mass is 562 g/mol. The average molecular weight is 564 g/mol. The van der Waals surface area contributed by atoms with Crippen molar-refractivity contribution < 1.29 is 48.6 Å². The van der Waals surface area contributed by atoms with E-state index in [4.69, 9.17) is 0 Å². The van der Waals surface area contributed by atoms with Crippen molar-refractivity contribution in [2.24, 2.45) is 0 Å². The zero-order valence-corrected chi connectivity index (χ0v) is 32.0. The Hall–Kier alpha value is 2.74. The van der Waals surface area contributed by atoms with Crippen LogP contribution in [0.25, 0.3) is 10.2 Å². The van der Waals surface area contributed by atoms with E-state index in [9.17, 15) is 0 Å². The number of hydrogen-bond acceptors (Lipinski definition) is 0. The van der Waals surface area contributed by atoms with Crippen LogP contribution >= 0.6 is 0 Å². The van der Waals surface area contributed by atoms with Gasteiger partial charge in [0.05, 0.1) is 11.1 Å². The minimum atomic E-state index is -1.20. The standard InChI is InChI=1S/2C7H20N2Si.6CH3.2Ga.2Li/c2*1-7(2,3)8-9-10(4,5)6;;;;;;;;;;/h2*8H2,1-6H3;6*1H3;;;;/q;;;;;;;;;;2*+1. The molecule has 0 aromatic rings. The van der Waals surface area contributed by atoms with Crippen molar-refractivity contribution in [3.05, 3.63) is 10.2 Å². The molecule has 0 aromatic carbocycles. The van der Waals surface area contributed by atoms with Gasteiger partial charge in [0, 0.05) is 0 Å². The first kappa shape index (κ1) is 46.1. The van der Waals surface area contributed by atoms with Gasteiger partial charge in [0.25, 0.3) is 0 Å². The summed E-state index contributed by atoms with van der Waals surface area (Å²) in [5.74, 6) is 0. The number of nitrogens with two attached hydrogens (primary N) is 2. The Kier molecular flexibility index (Phi) is 34.2. The van der Waals surface area contributed by atoms with E-state index in [-0.39, 0.29) is 48.8 Å². The van der Waals surface area contributed by atoms with Gasteiger partial charge in [-0.25, -0.2) is 0 Å². The van der Waals surface area contributed by atoms with Crippen LogP contribution in [0.15, 0.2) is 0 Å². The van der Waals surface area contributed by atoms with Crippen LogP contribution in [0.5, 0.6) is 0 Å². The summed E-state index contributed by atoms with van der Waals surface area (Å²) in [6.07, 6.45) is 0. The van der Waals surface area contributed by atoms with E-state index < -0.39 is 48.9 Å². The molecule has 0 aromatic heterocycles. The smallest absolute Gasteiger partial charge is 1.00 e. The third-order valence-electron chi connectivity index (χ3n) is 1.68. The van der Waals surface area contributed by atoms with Gasteiger partial charge >= 0.3 is 103 Å². The Morgan fingerprint density at radius 1 is 0.500 bits per heavy atom. The summed E-state index contributed by atoms with van der Waals surface area (Å²) in [6.45, 7) is 26.5. The van der Waals surface area contributed by atoms with Gasteiger partial charge in [-0.05, 0) is 58.0 Å². The van der Waals surface area contributed by atoms with Gasteiger partial charge in [0.1, 0.15) is 0 Å². The van der Waals surface area contributed by atoms with E-state index in [1.165, 1.54) is 0 Å². The molecule has 0 saturated heterocycles. The molecule has 4 nitrogen and oxygen atoms in total. The number of rotatable bonds is 4. The summed E-state index contributed by atoms with van der Waals surface area (Å²) in [7, 11) is -2.40. The van der Waals surface area contributed by atoms with Crippen molar-refractivity contribution in [3.8, 4) is 0 Å². The molecule has 0 aliphatic rings. The van der Waals surface area contributed by atoms with Gasteiger partial charge in [-0.3, -0.25) is 0 Å². The van der Waals surface area contributed by atoms with Crippen molar-refractivity contribution in [3.63, 3.8) is 0 Å². The molecule has 0 saturated carbocycles. The van der Waals surface area contributed by atoms with E-state index in [1.807, 2.05) is 0 Å².